The number of carbonyl (C=O) groups is 2. The molecule has 1 N–H and O–H groups in total. The van der Waals surface area contributed by atoms with Gasteiger partial charge in [-0.1, -0.05) is 19.1 Å². The van der Waals surface area contributed by atoms with Crippen LogP contribution in [0.2, 0.25) is 0 Å². The predicted octanol–water partition coefficient (Wildman–Crippen LogP) is 2.17. The molecule has 0 radical (unpaired) electrons. The van der Waals surface area contributed by atoms with E-state index in [4.69, 9.17) is 4.74 Å². The monoisotopic (exact) mass is 239 g/mol. The second kappa shape index (κ2) is 8.56. The van der Waals surface area contributed by atoms with Crippen LogP contribution in [0, 0.1) is 5.92 Å². The van der Waals surface area contributed by atoms with Gasteiger partial charge in [-0.25, -0.2) is 4.79 Å². The number of hydrogen-bond acceptors (Lipinski definition) is 3. The lowest BCUT2D eigenvalue weighted by Gasteiger charge is -2.11. The van der Waals surface area contributed by atoms with Gasteiger partial charge in [0.25, 0.3) is 0 Å². The van der Waals surface area contributed by atoms with Gasteiger partial charge < -0.3 is 10.1 Å². The molecule has 1 amide bonds. The fourth-order valence-corrected chi connectivity index (χ4v) is 1.44. The smallest absolute Gasteiger partial charge is 0.332 e. The zero-order valence-electron chi connectivity index (χ0n) is 10.9. The molecule has 0 fully saturated rings. The fraction of sp³-hybridized carbons (Fsp3) is 0.538. The van der Waals surface area contributed by atoms with Crippen LogP contribution in [0.1, 0.15) is 34.1 Å². The summed E-state index contributed by atoms with van der Waals surface area (Å²) in [4.78, 5) is 22.3. The van der Waals surface area contributed by atoms with Crippen LogP contribution < -0.4 is 5.32 Å². The lowest BCUT2D eigenvalue weighted by molar-refractivity contribution is -0.137. The van der Waals surface area contributed by atoms with E-state index in [-0.39, 0.29) is 11.8 Å². The van der Waals surface area contributed by atoms with Crippen molar-refractivity contribution >= 4 is 11.9 Å². The largest absolute Gasteiger partial charge is 0.463 e. The summed E-state index contributed by atoms with van der Waals surface area (Å²) in [5, 5.41) is 2.65. The number of ether oxygens (including phenoxy) is 1. The van der Waals surface area contributed by atoms with Crippen molar-refractivity contribution in [2.75, 3.05) is 6.61 Å². The molecule has 0 aliphatic rings. The number of hydrogen-bond donors (Lipinski definition) is 1. The summed E-state index contributed by atoms with van der Waals surface area (Å²) in [5.74, 6) is -0.357. The van der Waals surface area contributed by atoms with Crippen LogP contribution in [0.4, 0.5) is 0 Å². The third-order valence-electron chi connectivity index (χ3n) is 1.98. The molecule has 96 valence electrons. The van der Waals surface area contributed by atoms with Crippen LogP contribution in [-0.4, -0.2) is 18.5 Å². The van der Waals surface area contributed by atoms with Crippen molar-refractivity contribution < 1.29 is 14.3 Å². The third kappa shape index (κ3) is 8.25. The zero-order valence-corrected chi connectivity index (χ0v) is 10.9. The topological polar surface area (TPSA) is 55.4 Å². The number of esters is 1. The molecule has 0 aromatic heterocycles. The first kappa shape index (κ1) is 15.4. The summed E-state index contributed by atoms with van der Waals surface area (Å²) < 4.78 is 4.81. The molecule has 1 atom stereocenters. The molecule has 0 aromatic carbocycles. The van der Waals surface area contributed by atoms with Crippen molar-refractivity contribution in [3.8, 4) is 0 Å². The number of nitrogens with one attached hydrogen (secondary N) is 1. The summed E-state index contributed by atoms with van der Waals surface area (Å²) in [6, 6.07) is 0. The van der Waals surface area contributed by atoms with Crippen LogP contribution in [0.15, 0.2) is 23.9 Å². The summed E-state index contributed by atoms with van der Waals surface area (Å²) in [5.41, 5.74) is 0.585. The molecular formula is C13H21NO3. The molecule has 4 nitrogen and oxygen atoms in total. The molecular weight excluding hydrogens is 218 g/mol. The van der Waals surface area contributed by atoms with Gasteiger partial charge in [-0.05, 0) is 26.2 Å². The molecule has 0 aliphatic heterocycles. The van der Waals surface area contributed by atoms with E-state index in [0.717, 1.165) is 0 Å². The Morgan fingerprint density at radius 3 is 2.53 bits per heavy atom. The molecule has 0 saturated carbocycles. The molecule has 0 bridgehead atoms. The van der Waals surface area contributed by atoms with Gasteiger partial charge >= 0.3 is 5.97 Å². The highest BCUT2D eigenvalue weighted by molar-refractivity contribution is 5.84. The number of allylic oxidation sites excluding steroid dienone is 3. The van der Waals surface area contributed by atoms with Crippen molar-refractivity contribution in [2.45, 2.75) is 34.1 Å². The molecule has 0 spiro atoms. The molecule has 17 heavy (non-hydrogen) atoms. The minimum Gasteiger partial charge on any atom is -0.463 e. The van der Waals surface area contributed by atoms with Crippen LogP contribution in [0.5, 0.6) is 0 Å². The van der Waals surface area contributed by atoms with Gasteiger partial charge in [0.05, 0.1) is 6.61 Å². The number of amides is 1. The summed E-state index contributed by atoms with van der Waals surface area (Å²) in [7, 11) is 0. The maximum Gasteiger partial charge on any atom is 0.332 e. The van der Waals surface area contributed by atoms with Crippen LogP contribution >= 0.6 is 0 Å². The zero-order chi connectivity index (χ0) is 13.3. The van der Waals surface area contributed by atoms with Gasteiger partial charge in [0.1, 0.15) is 0 Å². The minimum absolute atomic E-state index is 0.187. The highest BCUT2D eigenvalue weighted by Gasteiger charge is 2.07. The maximum atomic E-state index is 11.3. The molecule has 0 rings (SSSR count). The van der Waals surface area contributed by atoms with Gasteiger partial charge in [0.2, 0.25) is 5.91 Å². The van der Waals surface area contributed by atoms with Crippen molar-refractivity contribution in [3.05, 3.63) is 23.9 Å². The average molecular weight is 239 g/mol. The molecule has 0 heterocycles. The van der Waals surface area contributed by atoms with E-state index < -0.39 is 5.97 Å². The van der Waals surface area contributed by atoms with E-state index in [1.54, 1.807) is 6.92 Å². The van der Waals surface area contributed by atoms with E-state index >= 15 is 0 Å². The van der Waals surface area contributed by atoms with Crippen molar-refractivity contribution in [2.24, 2.45) is 5.92 Å². The highest BCUT2D eigenvalue weighted by atomic mass is 16.5. The summed E-state index contributed by atoms with van der Waals surface area (Å²) >= 11 is 0. The molecule has 0 aromatic rings. The lowest BCUT2D eigenvalue weighted by Crippen LogP contribution is -2.21. The van der Waals surface area contributed by atoms with Crippen LogP contribution in [0.25, 0.3) is 0 Å². The quantitative estimate of drug-likeness (QED) is 0.439. The first-order chi connectivity index (χ1) is 7.99. The summed E-state index contributed by atoms with van der Waals surface area (Å²) in [6.07, 6.45) is 5.90. The summed E-state index contributed by atoms with van der Waals surface area (Å²) in [6.45, 7) is 7.43. The molecule has 4 heteroatoms. The minimum atomic E-state index is -0.427. The second-order valence-electron chi connectivity index (χ2n) is 3.81. The number of rotatable bonds is 6. The van der Waals surface area contributed by atoms with E-state index in [9.17, 15) is 9.59 Å². The second-order valence-corrected chi connectivity index (χ2v) is 3.81. The normalized spacial score (nSPS) is 13.5. The van der Waals surface area contributed by atoms with Crippen molar-refractivity contribution in [1.82, 2.24) is 5.32 Å². The first-order valence-electron chi connectivity index (χ1n) is 5.77. The Labute approximate surface area is 103 Å². The SMILES string of the molecule is CC=CC(C)CC(=CC(=O)OCC)NC(C)=O. The molecule has 0 saturated heterocycles. The Morgan fingerprint density at radius 1 is 1.41 bits per heavy atom. The van der Waals surface area contributed by atoms with Gasteiger partial charge in [0.15, 0.2) is 0 Å². The Bertz CT molecular complexity index is 319. The van der Waals surface area contributed by atoms with Crippen molar-refractivity contribution in [1.29, 1.82) is 0 Å². The first-order valence-corrected chi connectivity index (χ1v) is 5.77. The van der Waals surface area contributed by atoms with Gasteiger partial charge in [-0.2, -0.15) is 0 Å². The van der Waals surface area contributed by atoms with Gasteiger partial charge in [-0.3, -0.25) is 4.79 Å². The standard InChI is InChI=1S/C13H21NO3/c1-5-7-10(3)8-12(14-11(4)15)9-13(16)17-6-2/h5,7,9-10H,6,8H2,1-4H3,(H,14,15). The van der Waals surface area contributed by atoms with E-state index in [1.165, 1.54) is 13.0 Å². The average Bonchev–Trinajstić information content (AvgIpc) is 2.16. The Hall–Kier alpha value is -1.58. The van der Waals surface area contributed by atoms with Crippen LogP contribution in [-0.2, 0) is 14.3 Å². The Kier molecular flexibility index (Phi) is 7.76. The van der Waals surface area contributed by atoms with Gasteiger partial charge in [0, 0.05) is 18.7 Å². The maximum absolute atomic E-state index is 11.3. The fourth-order valence-electron chi connectivity index (χ4n) is 1.44. The molecule has 1 unspecified atom stereocenters. The number of carbonyl (C=O) groups excluding carboxylic acids is 2. The highest BCUT2D eigenvalue weighted by Crippen LogP contribution is 2.10. The van der Waals surface area contributed by atoms with E-state index in [1.807, 2.05) is 26.0 Å². The third-order valence-corrected chi connectivity index (χ3v) is 1.98. The Morgan fingerprint density at radius 2 is 2.06 bits per heavy atom. The van der Waals surface area contributed by atoms with E-state index in [0.29, 0.717) is 18.7 Å². The van der Waals surface area contributed by atoms with Crippen molar-refractivity contribution in [3.63, 3.8) is 0 Å². The van der Waals surface area contributed by atoms with E-state index in [2.05, 4.69) is 5.32 Å². The molecule has 0 aliphatic carbocycles. The predicted molar refractivity (Wildman–Crippen MR) is 67.1 cm³/mol. The van der Waals surface area contributed by atoms with Gasteiger partial charge in [-0.15, -0.1) is 0 Å². The van der Waals surface area contributed by atoms with Crippen LogP contribution in [0.3, 0.4) is 0 Å². The Balaban J connectivity index is 4.62. The lowest BCUT2D eigenvalue weighted by atomic mass is 10.0.